The molecule has 0 atom stereocenters. The van der Waals surface area contributed by atoms with E-state index < -0.39 is 0 Å². The first kappa shape index (κ1) is 17.2. The van der Waals surface area contributed by atoms with Gasteiger partial charge in [-0.05, 0) is 55.5 Å². The fraction of sp³-hybridized carbons (Fsp3) is 0.133. The first-order valence-corrected chi connectivity index (χ1v) is 7.99. The monoisotopic (exact) mass is 374 g/mol. The molecule has 0 bridgehead atoms. The largest absolute Gasteiger partial charge is 0.494 e. The van der Waals surface area contributed by atoms with Crippen molar-refractivity contribution in [3.8, 4) is 5.75 Å². The molecule has 22 heavy (non-hydrogen) atoms. The summed E-state index contributed by atoms with van der Waals surface area (Å²) in [5, 5.41) is 7.65. The van der Waals surface area contributed by atoms with E-state index >= 15 is 0 Å². The number of nitrogens with one attached hydrogen (secondary N) is 2. The van der Waals surface area contributed by atoms with Crippen molar-refractivity contribution in [3.05, 3.63) is 51.5 Å². The average molecular weight is 376 g/mol. The van der Waals surface area contributed by atoms with Gasteiger partial charge in [-0.3, -0.25) is 0 Å². The SMILES string of the molecule is CCOc1ccc(NC(=S)Nc2cc(Cl)c(Cl)cc2Cl)cc1. The molecule has 0 fully saturated rings. The van der Waals surface area contributed by atoms with Crippen molar-refractivity contribution in [2.75, 3.05) is 17.2 Å². The van der Waals surface area contributed by atoms with E-state index in [4.69, 9.17) is 51.8 Å². The molecule has 0 aliphatic rings. The lowest BCUT2D eigenvalue weighted by Crippen LogP contribution is -2.19. The van der Waals surface area contributed by atoms with Crippen LogP contribution < -0.4 is 15.4 Å². The molecule has 0 radical (unpaired) electrons. The average Bonchev–Trinajstić information content (AvgIpc) is 2.47. The summed E-state index contributed by atoms with van der Waals surface area (Å²) in [5.41, 5.74) is 1.41. The second-order valence-corrected chi connectivity index (χ2v) is 5.91. The van der Waals surface area contributed by atoms with Crippen molar-refractivity contribution in [2.45, 2.75) is 6.92 Å². The number of benzene rings is 2. The van der Waals surface area contributed by atoms with Crippen LogP contribution in [0.4, 0.5) is 11.4 Å². The minimum atomic E-state index is 0.391. The minimum Gasteiger partial charge on any atom is -0.494 e. The third-order valence-corrected chi connectivity index (χ3v) is 3.92. The maximum Gasteiger partial charge on any atom is 0.175 e. The number of hydrogen-bond donors (Lipinski definition) is 2. The lowest BCUT2D eigenvalue weighted by Gasteiger charge is -2.13. The van der Waals surface area contributed by atoms with Gasteiger partial charge in [-0.25, -0.2) is 0 Å². The Kier molecular flexibility index (Phi) is 6.15. The Bertz CT molecular complexity index is 677. The van der Waals surface area contributed by atoms with Crippen LogP contribution in [0.5, 0.6) is 5.75 Å². The summed E-state index contributed by atoms with van der Waals surface area (Å²) in [5.74, 6) is 0.805. The zero-order chi connectivity index (χ0) is 16.1. The highest BCUT2D eigenvalue weighted by Gasteiger charge is 2.07. The summed E-state index contributed by atoms with van der Waals surface area (Å²) >= 11 is 23.2. The van der Waals surface area contributed by atoms with Crippen molar-refractivity contribution in [1.82, 2.24) is 0 Å². The van der Waals surface area contributed by atoms with Crippen molar-refractivity contribution in [1.29, 1.82) is 0 Å². The van der Waals surface area contributed by atoms with Gasteiger partial charge in [0.2, 0.25) is 0 Å². The highest BCUT2D eigenvalue weighted by atomic mass is 35.5. The highest BCUT2D eigenvalue weighted by Crippen LogP contribution is 2.32. The molecular formula is C15H13Cl3N2OS. The maximum absolute atomic E-state index is 6.09. The van der Waals surface area contributed by atoms with Crippen molar-refractivity contribution >= 4 is 63.5 Å². The first-order valence-electron chi connectivity index (χ1n) is 6.45. The van der Waals surface area contributed by atoms with E-state index in [0.29, 0.717) is 32.5 Å². The smallest absolute Gasteiger partial charge is 0.175 e. The van der Waals surface area contributed by atoms with Crippen molar-refractivity contribution < 1.29 is 4.74 Å². The van der Waals surface area contributed by atoms with E-state index in [0.717, 1.165) is 11.4 Å². The molecule has 0 aliphatic heterocycles. The molecule has 7 heteroatoms. The number of halogens is 3. The third kappa shape index (κ3) is 4.65. The van der Waals surface area contributed by atoms with E-state index in [1.165, 1.54) is 0 Å². The van der Waals surface area contributed by atoms with E-state index in [-0.39, 0.29) is 0 Å². The Morgan fingerprint density at radius 1 is 1.00 bits per heavy atom. The van der Waals surface area contributed by atoms with Gasteiger partial charge in [-0.15, -0.1) is 0 Å². The summed E-state index contributed by atoms with van der Waals surface area (Å²) in [6.45, 7) is 2.56. The molecule has 2 aromatic rings. The van der Waals surface area contributed by atoms with Crippen LogP contribution in [0.1, 0.15) is 6.92 Å². The van der Waals surface area contributed by atoms with Gasteiger partial charge in [0.15, 0.2) is 5.11 Å². The number of hydrogen-bond acceptors (Lipinski definition) is 2. The lowest BCUT2D eigenvalue weighted by molar-refractivity contribution is 0.340. The van der Waals surface area contributed by atoms with Gasteiger partial charge in [0.25, 0.3) is 0 Å². The zero-order valence-electron chi connectivity index (χ0n) is 11.6. The summed E-state index contributed by atoms with van der Waals surface area (Å²) in [6.07, 6.45) is 0. The van der Waals surface area contributed by atoms with Gasteiger partial charge in [-0.1, -0.05) is 34.8 Å². The molecular weight excluding hydrogens is 363 g/mol. The number of thiocarbonyl (C=S) groups is 1. The number of rotatable bonds is 4. The Balaban J connectivity index is 2.02. The molecule has 2 rings (SSSR count). The van der Waals surface area contributed by atoms with E-state index in [9.17, 15) is 0 Å². The second-order valence-electron chi connectivity index (χ2n) is 4.28. The van der Waals surface area contributed by atoms with Crippen LogP contribution in [-0.2, 0) is 0 Å². The minimum absolute atomic E-state index is 0.391. The number of ether oxygens (including phenoxy) is 1. The van der Waals surface area contributed by atoms with Gasteiger partial charge < -0.3 is 15.4 Å². The van der Waals surface area contributed by atoms with Gasteiger partial charge in [0.1, 0.15) is 5.75 Å². The van der Waals surface area contributed by atoms with Gasteiger partial charge >= 0.3 is 0 Å². The molecule has 0 aliphatic carbocycles. The molecule has 0 aromatic heterocycles. The Labute approximate surface area is 149 Å². The van der Waals surface area contributed by atoms with Crippen LogP contribution in [0.2, 0.25) is 15.1 Å². The fourth-order valence-electron chi connectivity index (χ4n) is 1.70. The molecule has 0 saturated heterocycles. The summed E-state index contributed by atoms with van der Waals surface area (Å²) in [4.78, 5) is 0. The van der Waals surface area contributed by atoms with Gasteiger partial charge in [0.05, 0.1) is 27.4 Å². The van der Waals surface area contributed by atoms with Gasteiger partial charge in [-0.2, -0.15) is 0 Å². The van der Waals surface area contributed by atoms with E-state index in [2.05, 4.69) is 10.6 Å². The Morgan fingerprint density at radius 2 is 1.64 bits per heavy atom. The molecule has 2 N–H and O–H groups in total. The summed E-state index contributed by atoms with van der Waals surface area (Å²) < 4.78 is 5.38. The number of anilines is 2. The van der Waals surface area contributed by atoms with Crippen LogP contribution in [0.3, 0.4) is 0 Å². The molecule has 2 aromatic carbocycles. The summed E-state index contributed by atoms with van der Waals surface area (Å²) in [7, 11) is 0. The van der Waals surface area contributed by atoms with Gasteiger partial charge in [0, 0.05) is 5.69 Å². The predicted molar refractivity (Wildman–Crippen MR) is 98.9 cm³/mol. The molecule has 116 valence electrons. The van der Waals surface area contributed by atoms with E-state index in [1.54, 1.807) is 12.1 Å². The standard InChI is InChI=1S/C15H13Cl3N2OS/c1-2-21-10-5-3-9(4-6-10)19-15(22)20-14-8-12(17)11(16)7-13(14)18/h3-8H,2H2,1H3,(H2,19,20,22). The molecule has 0 saturated carbocycles. The van der Waals surface area contributed by atoms with Crippen molar-refractivity contribution in [3.63, 3.8) is 0 Å². The zero-order valence-corrected chi connectivity index (χ0v) is 14.7. The molecule has 0 amide bonds. The molecule has 0 spiro atoms. The van der Waals surface area contributed by atoms with E-state index in [1.807, 2.05) is 31.2 Å². The van der Waals surface area contributed by atoms with Crippen LogP contribution in [0, 0.1) is 0 Å². The van der Waals surface area contributed by atoms with Crippen LogP contribution in [0.25, 0.3) is 0 Å². The topological polar surface area (TPSA) is 33.3 Å². The Hall–Kier alpha value is -1.20. The second kappa shape index (κ2) is 7.88. The summed E-state index contributed by atoms with van der Waals surface area (Å²) in [6, 6.07) is 10.7. The van der Waals surface area contributed by atoms with Crippen LogP contribution in [-0.4, -0.2) is 11.7 Å². The van der Waals surface area contributed by atoms with Crippen LogP contribution in [0.15, 0.2) is 36.4 Å². The third-order valence-electron chi connectivity index (χ3n) is 2.68. The predicted octanol–water partition coefficient (Wildman–Crippen LogP) is 5.85. The maximum atomic E-state index is 6.09. The molecule has 0 unspecified atom stereocenters. The van der Waals surface area contributed by atoms with Crippen molar-refractivity contribution in [2.24, 2.45) is 0 Å². The first-order chi connectivity index (χ1) is 10.5. The lowest BCUT2D eigenvalue weighted by atomic mass is 10.3. The quantitative estimate of drug-likeness (QED) is 0.518. The Morgan fingerprint density at radius 3 is 2.27 bits per heavy atom. The van der Waals surface area contributed by atoms with Crippen LogP contribution >= 0.6 is 47.0 Å². The normalized spacial score (nSPS) is 10.2. The fourth-order valence-corrected chi connectivity index (χ4v) is 2.53. The molecule has 3 nitrogen and oxygen atoms in total. The molecule has 0 heterocycles. The highest BCUT2D eigenvalue weighted by molar-refractivity contribution is 7.80.